The third-order valence-electron chi connectivity index (χ3n) is 7.09. The molecule has 4 aromatic rings. The van der Waals surface area contributed by atoms with E-state index in [9.17, 15) is 9.59 Å². The summed E-state index contributed by atoms with van der Waals surface area (Å²) in [4.78, 5) is 30.1. The summed E-state index contributed by atoms with van der Waals surface area (Å²) in [6.07, 6.45) is 0. The van der Waals surface area contributed by atoms with E-state index in [2.05, 4.69) is 5.32 Å². The number of benzene rings is 4. The number of nitrogens with zero attached hydrogens (tertiary/aromatic N) is 1. The SMILES string of the molecule is COc1ccc([C@H]2[C@H](C(=O)Nc3cc(OC)ccc3OC)c3ccccc3C(=O)N2c2ccc(OC)cc2)cc1. The van der Waals surface area contributed by atoms with Crippen LogP contribution in [0.2, 0.25) is 0 Å². The summed E-state index contributed by atoms with van der Waals surface area (Å²) in [6.45, 7) is 0. The summed E-state index contributed by atoms with van der Waals surface area (Å²) < 4.78 is 21.6. The van der Waals surface area contributed by atoms with Crippen molar-refractivity contribution >= 4 is 23.2 Å². The van der Waals surface area contributed by atoms with Crippen LogP contribution in [-0.2, 0) is 4.79 Å². The van der Waals surface area contributed by atoms with Crippen molar-refractivity contribution in [3.8, 4) is 23.0 Å². The minimum absolute atomic E-state index is 0.204. The van der Waals surface area contributed by atoms with Gasteiger partial charge in [-0.3, -0.25) is 14.5 Å². The molecule has 4 aromatic carbocycles. The number of carbonyl (C=O) groups excluding carboxylic acids is 2. The maximum atomic E-state index is 14.3. The van der Waals surface area contributed by atoms with Crippen LogP contribution in [0.5, 0.6) is 23.0 Å². The first-order valence-electron chi connectivity index (χ1n) is 12.7. The molecule has 8 heteroatoms. The molecule has 0 bridgehead atoms. The Morgan fingerprint density at radius 2 is 1.32 bits per heavy atom. The highest BCUT2D eigenvalue weighted by Gasteiger charge is 2.45. The van der Waals surface area contributed by atoms with Crippen molar-refractivity contribution in [2.75, 3.05) is 38.7 Å². The Morgan fingerprint density at radius 1 is 0.725 bits per heavy atom. The lowest BCUT2D eigenvalue weighted by Gasteiger charge is -2.42. The summed E-state index contributed by atoms with van der Waals surface area (Å²) in [5.74, 6) is 1.12. The molecule has 0 saturated carbocycles. The van der Waals surface area contributed by atoms with Gasteiger partial charge in [-0.15, -0.1) is 0 Å². The van der Waals surface area contributed by atoms with Gasteiger partial charge in [0.25, 0.3) is 5.91 Å². The smallest absolute Gasteiger partial charge is 0.259 e. The Labute approximate surface area is 233 Å². The second-order valence-corrected chi connectivity index (χ2v) is 9.21. The summed E-state index contributed by atoms with van der Waals surface area (Å²) in [6, 6.07) is 26.4. The maximum absolute atomic E-state index is 14.3. The van der Waals surface area contributed by atoms with Crippen molar-refractivity contribution in [1.82, 2.24) is 0 Å². The molecule has 0 aliphatic carbocycles. The fraction of sp³-hybridized carbons (Fsp3) is 0.188. The number of carbonyl (C=O) groups is 2. The van der Waals surface area contributed by atoms with Crippen LogP contribution in [-0.4, -0.2) is 40.3 Å². The van der Waals surface area contributed by atoms with Crippen LogP contribution in [0.25, 0.3) is 0 Å². The molecule has 5 rings (SSSR count). The van der Waals surface area contributed by atoms with Crippen molar-refractivity contribution in [3.63, 3.8) is 0 Å². The zero-order chi connectivity index (χ0) is 28.2. The summed E-state index contributed by atoms with van der Waals surface area (Å²) in [5.41, 5.74) is 2.97. The largest absolute Gasteiger partial charge is 0.497 e. The average molecular weight is 539 g/mol. The highest BCUT2D eigenvalue weighted by molar-refractivity contribution is 6.12. The number of methoxy groups -OCH3 is 4. The highest BCUT2D eigenvalue weighted by atomic mass is 16.5. The lowest BCUT2D eigenvalue weighted by molar-refractivity contribution is -0.118. The molecule has 0 saturated heterocycles. The second kappa shape index (κ2) is 11.4. The molecule has 1 heterocycles. The molecule has 0 spiro atoms. The van der Waals surface area contributed by atoms with Crippen LogP contribution in [0.1, 0.15) is 33.4 Å². The molecule has 204 valence electrons. The van der Waals surface area contributed by atoms with Crippen LogP contribution >= 0.6 is 0 Å². The van der Waals surface area contributed by atoms with Crippen LogP contribution in [0.15, 0.2) is 91.0 Å². The summed E-state index contributed by atoms with van der Waals surface area (Å²) in [7, 11) is 6.28. The van der Waals surface area contributed by atoms with Gasteiger partial charge < -0.3 is 24.3 Å². The molecule has 2 atom stereocenters. The monoisotopic (exact) mass is 538 g/mol. The molecule has 2 amide bonds. The Kier molecular flexibility index (Phi) is 7.59. The quantitative estimate of drug-likeness (QED) is 0.303. The van der Waals surface area contributed by atoms with Gasteiger partial charge in [-0.25, -0.2) is 0 Å². The second-order valence-electron chi connectivity index (χ2n) is 9.21. The molecular weight excluding hydrogens is 508 g/mol. The minimum Gasteiger partial charge on any atom is -0.497 e. The van der Waals surface area contributed by atoms with Gasteiger partial charge in [0.1, 0.15) is 23.0 Å². The van der Waals surface area contributed by atoms with Gasteiger partial charge in [0.15, 0.2) is 0 Å². The lowest BCUT2D eigenvalue weighted by Crippen LogP contribution is -2.46. The van der Waals surface area contributed by atoms with E-state index in [1.165, 1.54) is 7.11 Å². The van der Waals surface area contributed by atoms with Crippen LogP contribution in [0.4, 0.5) is 11.4 Å². The predicted octanol–water partition coefficient (Wildman–Crippen LogP) is 5.85. The molecule has 1 N–H and O–H groups in total. The van der Waals surface area contributed by atoms with E-state index >= 15 is 0 Å². The molecule has 1 aliphatic rings. The Balaban J connectivity index is 1.68. The highest BCUT2D eigenvalue weighted by Crippen LogP contribution is 2.46. The van der Waals surface area contributed by atoms with E-state index < -0.39 is 12.0 Å². The molecule has 40 heavy (non-hydrogen) atoms. The number of ether oxygens (including phenoxy) is 4. The normalized spacial score (nSPS) is 16.1. The number of hydrogen-bond acceptors (Lipinski definition) is 6. The van der Waals surface area contributed by atoms with Crippen LogP contribution in [0, 0.1) is 0 Å². The maximum Gasteiger partial charge on any atom is 0.259 e. The van der Waals surface area contributed by atoms with E-state index in [0.717, 1.165) is 5.56 Å². The third kappa shape index (κ3) is 4.91. The third-order valence-corrected chi connectivity index (χ3v) is 7.09. The molecule has 0 aromatic heterocycles. The first-order valence-corrected chi connectivity index (χ1v) is 12.7. The van der Waals surface area contributed by atoms with Gasteiger partial charge in [0.05, 0.1) is 46.1 Å². The van der Waals surface area contributed by atoms with Crippen molar-refractivity contribution < 1.29 is 28.5 Å². The Hall–Kier alpha value is -4.98. The summed E-state index contributed by atoms with van der Waals surface area (Å²) >= 11 is 0. The van der Waals surface area contributed by atoms with E-state index in [4.69, 9.17) is 18.9 Å². The number of hydrogen-bond donors (Lipinski definition) is 1. The van der Waals surface area contributed by atoms with Crippen LogP contribution < -0.4 is 29.2 Å². The number of amides is 2. The molecule has 8 nitrogen and oxygen atoms in total. The van der Waals surface area contributed by atoms with Gasteiger partial charge in [-0.05, 0) is 65.7 Å². The fourth-order valence-corrected chi connectivity index (χ4v) is 5.11. The number of nitrogens with one attached hydrogen (secondary N) is 1. The fourth-order valence-electron chi connectivity index (χ4n) is 5.11. The van der Waals surface area contributed by atoms with Gasteiger partial charge in [-0.1, -0.05) is 30.3 Å². The van der Waals surface area contributed by atoms with Crippen molar-refractivity contribution in [2.24, 2.45) is 0 Å². The first kappa shape index (κ1) is 26.6. The Bertz CT molecular complexity index is 1520. The van der Waals surface area contributed by atoms with E-state index in [-0.39, 0.29) is 11.8 Å². The zero-order valence-electron chi connectivity index (χ0n) is 22.7. The van der Waals surface area contributed by atoms with Crippen molar-refractivity contribution in [3.05, 3.63) is 108 Å². The minimum atomic E-state index is -0.764. The van der Waals surface area contributed by atoms with E-state index in [1.54, 1.807) is 68.7 Å². The first-order chi connectivity index (χ1) is 19.5. The van der Waals surface area contributed by atoms with E-state index in [0.29, 0.717) is 45.5 Å². The standard InChI is InChI=1S/C32H30N2O6/c1-37-22-13-9-20(10-14-22)30-29(31(35)33-27-19-24(39-3)17-18-28(27)40-4)25-7-5-6-8-26(25)32(36)34(30)21-11-15-23(38-2)16-12-21/h5-19,29-30H,1-4H3,(H,33,35)/t29-,30+/m1/s1. The predicted molar refractivity (Wildman–Crippen MR) is 153 cm³/mol. The number of rotatable bonds is 8. The van der Waals surface area contributed by atoms with E-state index in [1.807, 2.05) is 48.5 Å². The van der Waals surface area contributed by atoms with Crippen LogP contribution in [0.3, 0.4) is 0 Å². The molecule has 0 fully saturated rings. The molecule has 1 aliphatic heterocycles. The van der Waals surface area contributed by atoms with Crippen molar-refractivity contribution in [2.45, 2.75) is 12.0 Å². The topological polar surface area (TPSA) is 86.3 Å². The van der Waals surface area contributed by atoms with Crippen molar-refractivity contribution in [1.29, 1.82) is 0 Å². The molecule has 0 unspecified atom stereocenters. The van der Waals surface area contributed by atoms with Gasteiger partial charge in [0.2, 0.25) is 5.91 Å². The molecular formula is C32H30N2O6. The Morgan fingerprint density at radius 3 is 1.95 bits per heavy atom. The lowest BCUT2D eigenvalue weighted by atomic mass is 9.78. The van der Waals surface area contributed by atoms with Gasteiger partial charge >= 0.3 is 0 Å². The van der Waals surface area contributed by atoms with Gasteiger partial charge in [0, 0.05) is 17.3 Å². The summed E-state index contributed by atoms with van der Waals surface area (Å²) in [5, 5.41) is 3.05. The number of fused-ring (bicyclic) bond motifs is 1. The molecule has 0 radical (unpaired) electrons. The average Bonchev–Trinajstić information content (AvgIpc) is 3.01. The number of anilines is 2. The zero-order valence-corrected chi connectivity index (χ0v) is 22.7. The van der Waals surface area contributed by atoms with Gasteiger partial charge in [-0.2, -0.15) is 0 Å².